The summed E-state index contributed by atoms with van der Waals surface area (Å²) in [5, 5.41) is 8.66. The maximum Gasteiger partial charge on any atom is 0.310 e. The minimum absolute atomic E-state index is 0.112. The summed E-state index contributed by atoms with van der Waals surface area (Å²) in [6.07, 6.45) is 0. The van der Waals surface area contributed by atoms with Crippen LogP contribution >= 0.6 is 23.2 Å². The monoisotopic (exact) mass is 236 g/mol. The number of aliphatic carboxylic acids is 1. The zero-order valence-electron chi connectivity index (χ0n) is 7.22. The van der Waals surface area contributed by atoms with Gasteiger partial charge < -0.3 is 5.11 Å². The molecule has 0 aliphatic rings. The Morgan fingerprint density at radius 2 is 2.07 bits per heavy atom. The fraction of sp³-hybridized carbons (Fsp3) is 0.222. The van der Waals surface area contributed by atoms with Crippen LogP contribution in [-0.4, -0.2) is 11.1 Å². The Balaban J connectivity index is 3.32. The van der Waals surface area contributed by atoms with Gasteiger partial charge in [-0.25, -0.2) is 4.39 Å². The van der Waals surface area contributed by atoms with Crippen LogP contribution in [0.5, 0.6) is 0 Å². The first kappa shape index (κ1) is 11.3. The van der Waals surface area contributed by atoms with Crippen molar-refractivity contribution in [2.45, 2.75) is 12.8 Å². The molecular formula is C9H7Cl2FO2. The van der Waals surface area contributed by atoms with E-state index in [1.807, 2.05) is 0 Å². The van der Waals surface area contributed by atoms with E-state index in [4.69, 9.17) is 28.3 Å². The summed E-state index contributed by atoms with van der Waals surface area (Å²) in [5.74, 6) is -2.69. The minimum Gasteiger partial charge on any atom is -0.481 e. The molecule has 0 spiro atoms. The molecule has 0 aliphatic heterocycles. The summed E-state index contributed by atoms with van der Waals surface area (Å²) in [6.45, 7) is 1.40. The summed E-state index contributed by atoms with van der Waals surface area (Å²) in [4.78, 5) is 10.7. The van der Waals surface area contributed by atoms with Crippen molar-refractivity contribution in [1.82, 2.24) is 0 Å². The average Bonchev–Trinajstić information content (AvgIpc) is 2.12. The Labute approximate surface area is 90.3 Å². The molecule has 0 aliphatic carbocycles. The smallest absolute Gasteiger partial charge is 0.310 e. The third-order valence-electron chi connectivity index (χ3n) is 1.88. The minimum atomic E-state index is -1.10. The van der Waals surface area contributed by atoms with Gasteiger partial charge in [-0.3, -0.25) is 4.79 Å². The van der Waals surface area contributed by atoms with Crippen LogP contribution < -0.4 is 0 Å². The van der Waals surface area contributed by atoms with Gasteiger partial charge in [0.2, 0.25) is 0 Å². The van der Waals surface area contributed by atoms with Crippen LogP contribution in [0.25, 0.3) is 0 Å². The molecular weight excluding hydrogens is 230 g/mol. The number of rotatable bonds is 2. The Morgan fingerprint density at radius 1 is 1.50 bits per heavy atom. The molecule has 0 radical (unpaired) electrons. The first-order valence-corrected chi connectivity index (χ1v) is 4.57. The normalized spacial score (nSPS) is 12.6. The Morgan fingerprint density at radius 3 is 2.57 bits per heavy atom. The van der Waals surface area contributed by atoms with Gasteiger partial charge in [-0.2, -0.15) is 0 Å². The van der Waals surface area contributed by atoms with Gasteiger partial charge in [0, 0.05) is 10.6 Å². The van der Waals surface area contributed by atoms with Crippen LogP contribution in [-0.2, 0) is 4.79 Å². The van der Waals surface area contributed by atoms with Crippen LogP contribution in [0.15, 0.2) is 12.1 Å². The van der Waals surface area contributed by atoms with Crippen molar-refractivity contribution in [3.63, 3.8) is 0 Å². The van der Waals surface area contributed by atoms with E-state index < -0.39 is 17.7 Å². The predicted octanol–water partition coefficient (Wildman–Crippen LogP) is 3.32. The average molecular weight is 237 g/mol. The second-order valence-electron chi connectivity index (χ2n) is 2.82. The SMILES string of the molecule is CC(C(=O)O)c1c(Cl)ccc(F)c1Cl. The molecule has 5 heteroatoms. The van der Waals surface area contributed by atoms with Crippen LogP contribution in [0.3, 0.4) is 0 Å². The zero-order valence-corrected chi connectivity index (χ0v) is 8.73. The van der Waals surface area contributed by atoms with Crippen molar-refractivity contribution in [3.05, 3.63) is 33.6 Å². The van der Waals surface area contributed by atoms with Gasteiger partial charge in [-0.05, 0) is 19.1 Å². The molecule has 0 amide bonds. The van der Waals surface area contributed by atoms with Gasteiger partial charge >= 0.3 is 5.97 Å². The molecule has 76 valence electrons. The van der Waals surface area contributed by atoms with E-state index in [0.717, 1.165) is 6.07 Å². The Hall–Kier alpha value is -0.800. The van der Waals surface area contributed by atoms with Crippen molar-refractivity contribution < 1.29 is 14.3 Å². The van der Waals surface area contributed by atoms with E-state index >= 15 is 0 Å². The highest BCUT2D eigenvalue weighted by Crippen LogP contribution is 2.33. The molecule has 1 unspecified atom stereocenters. The molecule has 1 rings (SSSR count). The molecule has 2 nitrogen and oxygen atoms in total. The number of halogens is 3. The number of carboxylic acids is 1. The molecule has 0 bridgehead atoms. The Kier molecular flexibility index (Phi) is 3.34. The summed E-state index contributed by atoms with van der Waals surface area (Å²) in [7, 11) is 0. The van der Waals surface area contributed by atoms with Crippen LogP contribution in [0.2, 0.25) is 10.0 Å². The van der Waals surface area contributed by atoms with Gasteiger partial charge in [0.25, 0.3) is 0 Å². The highest BCUT2D eigenvalue weighted by Gasteiger charge is 2.22. The van der Waals surface area contributed by atoms with Crippen molar-refractivity contribution in [2.75, 3.05) is 0 Å². The zero-order chi connectivity index (χ0) is 10.9. The van der Waals surface area contributed by atoms with Gasteiger partial charge in [-0.1, -0.05) is 23.2 Å². The van der Waals surface area contributed by atoms with E-state index in [-0.39, 0.29) is 15.6 Å². The Bertz CT molecular complexity index is 379. The number of hydrogen-bond donors (Lipinski definition) is 1. The van der Waals surface area contributed by atoms with E-state index in [2.05, 4.69) is 0 Å². The van der Waals surface area contributed by atoms with E-state index in [9.17, 15) is 9.18 Å². The lowest BCUT2D eigenvalue weighted by atomic mass is 10.0. The number of carbonyl (C=O) groups is 1. The molecule has 14 heavy (non-hydrogen) atoms. The van der Waals surface area contributed by atoms with E-state index in [1.165, 1.54) is 13.0 Å². The standard InChI is InChI=1S/C9H7Cl2FO2/c1-4(9(13)14)7-5(10)2-3-6(12)8(7)11/h2-4H,1H3,(H,13,14). The number of benzene rings is 1. The lowest BCUT2D eigenvalue weighted by Gasteiger charge is -2.11. The van der Waals surface area contributed by atoms with Crippen molar-refractivity contribution in [3.8, 4) is 0 Å². The highest BCUT2D eigenvalue weighted by atomic mass is 35.5. The molecule has 1 aromatic rings. The largest absolute Gasteiger partial charge is 0.481 e. The van der Waals surface area contributed by atoms with Gasteiger partial charge in [0.15, 0.2) is 0 Å². The fourth-order valence-electron chi connectivity index (χ4n) is 1.06. The third-order valence-corrected chi connectivity index (χ3v) is 2.60. The molecule has 0 saturated heterocycles. The van der Waals surface area contributed by atoms with Crippen LogP contribution in [0, 0.1) is 5.82 Å². The summed E-state index contributed by atoms with van der Waals surface area (Å²) in [5.41, 5.74) is 0.112. The molecule has 0 heterocycles. The quantitative estimate of drug-likeness (QED) is 0.801. The highest BCUT2D eigenvalue weighted by molar-refractivity contribution is 6.36. The fourth-order valence-corrected chi connectivity index (χ4v) is 1.76. The summed E-state index contributed by atoms with van der Waals surface area (Å²) in [6, 6.07) is 2.39. The van der Waals surface area contributed by atoms with Crippen LogP contribution in [0.1, 0.15) is 18.4 Å². The summed E-state index contributed by atoms with van der Waals surface area (Å²) >= 11 is 11.3. The molecule has 1 atom stereocenters. The molecule has 0 aromatic heterocycles. The second kappa shape index (κ2) is 4.15. The second-order valence-corrected chi connectivity index (χ2v) is 3.60. The van der Waals surface area contributed by atoms with Gasteiger partial charge in [0.1, 0.15) is 5.82 Å². The molecule has 0 saturated carbocycles. The van der Waals surface area contributed by atoms with E-state index in [0.29, 0.717) is 0 Å². The van der Waals surface area contributed by atoms with Gasteiger partial charge in [-0.15, -0.1) is 0 Å². The van der Waals surface area contributed by atoms with Crippen molar-refractivity contribution in [1.29, 1.82) is 0 Å². The third kappa shape index (κ3) is 1.99. The molecule has 1 aromatic carbocycles. The first-order chi connectivity index (χ1) is 6.45. The maximum absolute atomic E-state index is 13.0. The van der Waals surface area contributed by atoms with Crippen molar-refractivity contribution >= 4 is 29.2 Å². The molecule has 1 N–H and O–H groups in total. The topological polar surface area (TPSA) is 37.3 Å². The summed E-state index contributed by atoms with van der Waals surface area (Å²) < 4.78 is 13.0. The first-order valence-electron chi connectivity index (χ1n) is 3.81. The van der Waals surface area contributed by atoms with Crippen molar-refractivity contribution in [2.24, 2.45) is 0 Å². The van der Waals surface area contributed by atoms with E-state index in [1.54, 1.807) is 0 Å². The lowest BCUT2D eigenvalue weighted by molar-refractivity contribution is -0.138. The maximum atomic E-state index is 13.0. The van der Waals surface area contributed by atoms with Gasteiger partial charge in [0.05, 0.1) is 10.9 Å². The van der Waals surface area contributed by atoms with Crippen LogP contribution in [0.4, 0.5) is 4.39 Å². The predicted molar refractivity (Wildman–Crippen MR) is 52.5 cm³/mol. The molecule has 0 fully saturated rings. The lowest BCUT2D eigenvalue weighted by Crippen LogP contribution is -2.09. The number of carboxylic acid groups (broad SMARTS) is 1. The number of hydrogen-bond acceptors (Lipinski definition) is 1.